The molecule has 0 amide bonds. The Hall–Kier alpha value is -2.85. The van der Waals surface area contributed by atoms with Gasteiger partial charge < -0.3 is 10.3 Å². The molecule has 0 saturated heterocycles. The number of carbonyl (C=O) groups excluding carboxylic acids is 1. The molecule has 0 fully saturated rings. The maximum Gasteiger partial charge on any atom is 0.332 e. The van der Waals surface area contributed by atoms with Crippen LogP contribution in [0.1, 0.15) is 55.8 Å². The lowest BCUT2D eigenvalue weighted by atomic mass is 10.1. The zero-order chi connectivity index (χ0) is 25.5. The second-order valence-electron chi connectivity index (χ2n) is 8.41. The van der Waals surface area contributed by atoms with E-state index in [1.165, 1.54) is 51.5 Å². The molecule has 0 radical (unpaired) electrons. The SMILES string of the molecule is CCCCCCCCn1c(SCC(=O)c2c(N)n(C)c(=O)n(C)c2=O)nnc1-c1ccc(Cl)cc1. The molecule has 0 unspecified atom stereocenters. The first-order chi connectivity index (χ1) is 16.8. The van der Waals surface area contributed by atoms with Crippen LogP contribution in [-0.4, -0.2) is 35.4 Å². The van der Waals surface area contributed by atoms with Gasteiger partial charge in [-0.3, -0.25) is 18.7 Å². The van der Waals surface area contributed by atoms with Crippen molar-refractivity contribution in [3.8, 4) is 11.4 Å². The molecular weight excluding hydrogens is 488 g/mol. The number of thioether (sulfide) groups is 1. The fraction of sp³-hybridized carbons (Fsp3) is 0.458. The van der Waals surface area contributed by atoms with E-state index in [-0.39, 0.29) is 17.1 Å². The van der Waals surface area contributed by atoms with E-state index in [4.69, 9.17) is 17.3 Å². The van der Waals surface area contributed by atoms with E-state index < -0.39 is 17.0 Å². The molecule has 0 aliphatic rings. The number of aromatic nitrogens is 5. The first kappa shape index (κ1) is 26.7. The Balaban J connectivity index is 1.82. The fourth-order valence-corrected chi connectivity index (χ4v) is 4.75. The Morgan fingerprint density at radius 2 is 1.66 bits per heavy atom. The van der Waals surface area contributed by atoms with E-state index in [1.807, 2.05) is 16.7 Å². The predicted octanol–water partition coefficient (Wildman–Crippen LogP) is 3.91. The van der Waals surface area contributed by atoms with Gasteiger partial charge >= 0.3 is 5.69 Å². The summed E-state index contributed by atoms with van der Waals surface area (Å²) in [5.74, 6) is 0.0278. The third kappa shape index (κ3) is 6.24. The molecule has 0 atom stereocenters. The molecule has 11 heteroatoms. The summed E-state index contributed by atoms with van der Waals surface area (Å²) in [6, 6.07) is 7.38. The highest BCUT2D eigenvalue weighted by atomic mass is 35.5. The Bertz CT molecular complexity index is 1300. The number of nitrogens with zero attached hydrogens (tertiary/aromatic N) is 5. The summed E-state index contributed by atoms with van der Waals surface area (Å²) < 4.78 is 3.98. The van der Waals surface area contributed by atoms with Gasteiger partial charge in [-0.2, -0.15) is 0 Å². The van der Waals surface area contributed by atoms with Crippen molar-refractivity contribution < 1.29 is 4.79 Å². The minimum absolute atomic E-state index is 0.0626. The monoisotopic (exact) mass is 518 g/mol. The molecular formula is C24H31ClN6O3S. The van der Waals surface area contributed by atoms with Crippen LogP contribution >= 0.6 is 23.4 Å². The Labute approximate surface area is 213 Å². The highest BCUT2D eigenvalue weighted by molar-refractivity contribution is 7.99. The number of unbranched alkanes of at least 4 members (excludes halogenated alkanes) is 5. The second kappa shape index (κ2) is 12.2. The van der Waals surface area contributed by atoms with Crippen LogP contribution in [0.3, 0.4) is 0 Å². The number of rotatable bonds is 12. The van der Waals surface area contributed by atoms with E-state index in [0.717, 1.165) is 27.5 Å². The van der Waals surface area contributed by atoms with Crippen molar-refractivity contribution in [3.05, 3.63) is 55.7 Å². The highest BCUT2D eigenvalue weighted by Gasteiger charge is 2.22. The van der Waals surface area contributed by atoms with Crippen LogP contribution in [0.15, 0.2) is 39.0 Å². The van der Waals surface area contributed by atoms with E-state index in [2.05, 4.69) is 17.1 Å². The van der Waals surface area contributed by atoms with E-state index in [1.54, 1.807) is 12.1 Å². The largest absolute Gasteiger partial charge is 0.384 e. The van der Waals surface area contributed by atoms with Gasteiger partial charge in [-0.1, -0.05) is 62.4 Å². The van der Waals surface area contributed by atoms with Gasteiger partial charge in [0.25, 0.3) is 5.56 Å². The minimum Gasteiger partial charge on any atom is -0.384 e. The lowest BCUT2D eigenvalue weighted by Crippen LogP contribution is -2.41. The number of benzene rings is 1. The quantitative estimate of drug-likeness (QED) is 0.219. The maximum absolute atomic E-state index is 13.0. The molecule has 0 bridgehead atoms. The van der Waals surface area contributed by atoms with Gasteiger partial charge in [0.05, 0.1) is 5.75 Å². The second-order valence-corrected chi connectivity index (χ2v) is 9.79. The summed E-state index contributed by atoms with van der Waals surface area (Å²) in [5.41, 5.74) is 5.34. The lowest BCUT2D eigenvalue weighted by Gasteiger charge is -2.12. The van der Waals surface area contributed by atoms with Crippen LogP contribution in [0, 0.1) is 0 Å². The third-order valence-electron chi connectivity index (χ3n) is 5.88. The van der Waals surface area contributed by atoms with E-state index in [0.29, 0.717) is 22.5 Å². The molecule has 0 aliphatic carbocycles. The van der Waals surface area contributed by atoms with Gasteiger partial charge in [0, 0.05) is 31.2 Å². The van der Waals surface area contributed by atoms with Crippen LogP contribution in [0.2, 0.25) is 5.02 Å². The molecule has 3 rings (SSSR count). The first-order valence-electron chi connectivity index (χ1n) is 11.7. The van der Waals surface area contributed by atoms with Gasteiger partial charge in [0.15, 0.2) is 16.8 Å². The van der Waals surface area contributed by atoms with Crippen molar-refractivity contribution in [2.24, 2.45) is 14.1 Å². The highest BCUT2D eigenvalue weighted by Crippen LogP contribution is 2.26. The number of ketones is 1. The van der Waals surface area contributed by atoms with Gasteiger partial charge in [0.1, 0.15) is 11.4 Å². The number of carbonyl (C=O) groups is 1. The number of Topliss-reactive ketones (excluding diaryl/α,β-unsaturated/α-hetero) is 1. The normalized spacial score (nSPS) is 11.2. The third-order valence-corrected chi connectivity index (χ3v) is 7.09. The Morgan fingerprint density at radius 3 is 2.34 bits per heavy atom. The number of nitrogens with two attached hydrogens (primary N) is 1. The Kier molecular flexibility index (Phi) is 9.33. The lowest BCUT2D eigenvalue weighted by molar-refractivity contribution is 0.102. The molecule has 9 nitrogen and oxygen atoms in total. The summed E-state index contributed by atoms with van der Waals surface area (Å²) in [5, 5.41) is 9.91. The molecule has 2 aromatic heterocycles. The summed E-state index contributed by atoms with van der Waals surface area (Å²) >= 11 is 7.24. The summed E-state index contributed by atoms with van der Waals surface area (Å²) in [6.07, 6.45) is 6.87. The topological polar surface area (TPSA) is 118 Å². The maximum atomic E-state index is 13.0. The molecule has 2 heterocycles. The van der Waals surface area contributed by atoms with Crippen molar-refractivity contribution >= 4 is 35.0 Å². The number of hydrogen-bond donors (Lipinski definition) is 1. The van der Waals surface area contributed by atoms with Crippen LogP contribution in [0.25, 0.3) is 11.4 Å². The zero-order valence-electron chi connectivity index (χ0n) is 20.3. The summed E-state index contributed by atoms with van der Waals surface area (Å²) in [6.45, 7) is 2.90. The number of anilines is 1. The molecule has 0 saturated carbocycles. The molecule has 188 valence electrons. The van der Waals surface area contributed by atoms with Crippen LogP contribution in [0.4, 0.5) is 5.82 Å². The van der Waals surface area contributed by atoms with Gasteiger partial charge in [-0.25, -0.2) is 4.79 Å². The van der Waals surface area contributed by atoms with Gasteiger partial charge in [-0.15, -0.1) is 10.2 Å². The molecule has 3 aromatic rings. The predicted molar refractivity (Wildman–Crippen MR) is 140 cm³/mol. The van der Waals surface area contributed by atoms with E-state index >= 15 is 0 Å². The number of hydrogen-bond acceptors (Lipinski definition) is 7. The van der Waals surface area contributed by atoms with Crippen molar-refractivity contribution in [3.63, 3.8) is 0 Å². The standard InChI is InChI=1S/C24H31ClN6O3S/c1-4-5-6-7-8-9-14-31-21(16-10-12-17(25)13-11-16)27-28-23(31)35-15-18(32)19-20(26)29(2)24(34)30(3)22(19)33/h10-13H,4-9,14-15,26H2,1-3H3. The first-order valence-corrected chi connectivity index (χ1v) is 13.0. The Morgan fingerprint density at radius 1 is 1.00 bits per heavy atom. The fourth-order valence-electron chi connectivity index (χ4n) is 3.78. The minimum atomic E-state index is -0.702. The number of halogens is 1. The molecule has 35 heavy (non-hydrogen) atoms. The van der Waals surface area contributed by atoms with Crippen LogP contribution in [-0.2, 0) is 20.6 Å². The number of nitrogen functional groups attached to an aromatic ring is 1. The molecule has 0 aliphatic heterocycles. The van der Waals surface area contributed by atoms with Crippen molar-refractivity contribution in [1.29, 1.82) is 0 Å². The van der Waals surface area contributed by atoms with Gasteiger partial charge in [0.2, 0.25) is 0 Å². The van der Waals surface area contributed by atoms with Crippen LogP contribution < -0.4 is 17.0 Å². The molecule has 0 spiro atoms. The molecule has 1 aromatic carbocycles. The van der Waals surface area contributed by atoms with Crippen molar-refractivity contribution in [2.75, 3.05) is 11.5 Å². The van der Waals surface area contributed by atoms with E-state index in [9.17, 15) is 14.4 Å². The zero-order valence-corrected chi connectivity index (χ0v) is 21.9. The van der Waals surface area contributed by atoms with Gasteiger partial charge in [-0.05, 0) is 30.7 Å². The van der Waals surface area contributed by atoms with Crippen molar-refractivity contribution in [1.82, 2.24) is 23.9 Å². The average molecular weight is 519 g/mol. The summed E-state index contributed by atoms with van der Waals surface area (Å²) in [4.78, 5) is 37.6. The average Bonchev–Trinajstić information content (AvgIpc) is 3.25. The summed E-state index contributed by atoms with van der Waals surface area (Å²) in [7, 11) is 2.75. The molecule has 2 N–H and O–H groups in total. The smallest absolute Gasteiger partial charge is 0.332 e. The van der Waals surface area contributed by atoms with Crippen LogP contribution in [0.5, 0.6) is 0 Å². The van der Waals surface area contributed by atoms with Crippen molar-refractivity contribution in [2.45, 2.75) is 57.1 Å².